The van der Waals surface area contributed by atoms with E-state index in [1.54, 1.807) is 19.5 Å². The van der Waals surface area contributed by atoms with E-state index < -0.39 is 6.10 Å². The Labute approximate surface area is 119 Å². The quantitative estimate of drug-likeness (QED) is 0.875. The maximum absolute atomic E-state index is 10.6. The first-order valence-corrected chi connectivity index (χ1v) is 6.60. The predicted octanol–water partition coefficient (Wildman–Crippen LogP) is 2.17. The van der Waals surface area contributed by atoms with Crippen LogP contribution in [-0.4, -0.2) is 23.7 Å². The monoisotopic (exact) mass is 272 g/mol. The SMILES string of the molecule is COc1cc(C(O)C(CN)c2ccncc2)ccc1C. The topological polar surface area (TPSA) is 68.4 Å². The van der Waals surface area contributed by atoms with Crippen LogP contribution in [0.15, 0.2) is 42.7 Å². The first-order valence-electron chi connectivity index (χ1n) is 6.60. The number of nitrogens with zero attached hydrogens (tertiary/aromatic N) is 1. The largest absolute Gasteiger partial charge is 0.496 e. The second-order valence-electron chi connectivity index (χ2n) is 4.80. The first kappa shape index (κ1) is 14.5. The molecule has 3 N–H and O–H groups in total. The fourth-order valence-electron chi connectivity index (χ4n) is 2.31. The van der Waals surface area contributed by atoms with E-state index in [9.17, 15) is 5.11 Å². The molecule has 0 aliphatic rings. The maximum atomic E-state index is 10.6. The van der Waals surface area contributed by atoms with Crippen LogP contribution in [0.3, 0.4) is 0 Å². The molecule has 1 aromatic heterocycles. The smallest absolute Gasteiger partial charge is 0.122 e. The average molecular weight is 272 g/mol. The maximum Gasteiger partial charge on any atom is 0.122 e. The van der Waals surface area contributed by atoms with Crippen LogP contribution in [-0.2, 0) is 0 Å². The number of aliphatic hydroxyl groups excluding tert-OH is 1. The summed E-state index contributed by atoms with van der Waals surface area (Å²) >= 11 is 0. The Balaban J connectivity index is 2.31. The summed E-state index contributed by atoms with van der Waals surface area (Å²) in [4.78, 5) is 3.99. The van der Waals surface area contributed by atoms with Crippen molar-refractivity contribution in [2.45, 2.75) is 18.9 Å². The molecule has 106 valence electrons. The van der Waals surface area contributed by atoms with Gasteiger partial charge in [0.2, 0.25) is 0 Å². The van der Waals surface area contributed by atoms with Gasteiger partial charge in [0.05, 0.1) is 13.2 Å². The van der Waals surface area contributed by atoms with Gasteiger partial charge in [0.15, 0.2) is 0 Å². The molecule has 2 atom stereocenters. The van der Waals surface area contributed by atoms with Crippen molar-refractivity contribution < 1.29 is 9.84 Å². The number of hydrogen-bond acceptors (Lipinski definition) is 4. The van der Waals surface area contributed by atoms with Gasteiger partial charge in [0.1, 0.15) is 5.75 Å². The number of hydrogen-bond donors (Lipinski definition) is 2. The van der Waals surface area contributed by atoms with E-state index in [2.05, 4.69) is 4.98 Å². The van der Waals surface area contributed by atoms with Gasteiger partial charge in [-0.1, -0.05) is 12.1 Å². The highest BCUT2D eigenvalue weighted by molar-refractivity contribution is 5.38. The van der Waals surface area contributed by atoms with Crippen LogP contribution in [0.25, 0.3) is 0 Å². The van der Waals surface area contributed by atoms with Crippen molar-refractivity contribution >= 4 is 0 Å². The number of pyridine rings is 1. The van der Waals surface area contributed by atoms with E-state index in [4.69, 9.17) is 10.5 Å². The highest BCUT2D eigenvalue weighted by atomic mass is 16.5. The van der Waals surface area contributed by atoms with Crippen molar-refractivity contribution in [1.29, 1.82) is 0 Å². The second-order valence-corrected chi connectivity index (χ2v) is 4.80. The number of methoxy groups -OCH3 is 1. The Bertz CT molecular complexity index is 558. The molecule has 0 radical (unpaired) electrons. The van der Waals surface area contributed by atoms with Gasteiger partial charge in [0.25, 0.3) is 0 Å². The van der Waals surface area contributed by atoms with Crippen LogP contribution in [0.4, 0.5) is 0 Å². The second kappa shape index (κ2) is 6.50. The zero-order valence-electron chi connectivity index (χ0n) is 11.8. The minimum Gasteiger partial charge on any atom is -0.496 e. The van der Waals surface area contributed by atoms with E-state index >= 15 is 0 Å². The standard InChI is InChI=1S/C16H20N2O2/c1-11-3-4-13(9-15(11)20-2)16(19)14(10-17)12-5-7-18-8-6-12/h3-9,14,16,19H,10,17H2,1-2H3. The molecule has 1 heterocycles. The lowest BCUT2D eigenvalue weighted by Gasteiger charge is -2.23. The van der Waals surface area contributed by atoms with Crippen molar-refractivity contribution in [3.05, 3.63) is 59.4 Å². The zero-order valence-corrected chi connectivity index (χ0v) is 11.8. The van der Waals surface area contributed by atoms with Crippen LogP contribution < -0.4 is 10.5 Å². The number of ether oxygens (including phenoxy) is 1. The normalized spacial score (nSPS) is 13.8. The molecule has 0 aliphatic heterocycles. The van der Waals surface area contributed by atoms with Crippen molar-refractivity contribution in [2.75, 3.05) is 13.7 Å². The lowest BCUT2D eigenvalue weighted by Crippen LogP contribution is -2.20. The Morgan fingerprint density at radius 2 is 1.90 bits per heavy atom. The van der Waals surface area contributed by atoms with Crippen molar-refractivity contribution in [2.24, 2.45) is 5.73 Å². The third-order valence-corrected chi connectivity index (χ3v) is 3.54. The van der Waals surface area contributed by atoms with Crippen LogP contribution in [0.5, 0.6) is 5.75 Å². The number of rotatable bonds is 5. The number of nitrogens with two attached hydrogens (primary N) is 1. The number of aromatic nitrogens is 1. The molecule has 4 heteroatoms. The van der Waals surface area contributed by atoms with Gasteiger partial charge in [-0.2, -0.15) is 0 Å². The van der Waals surface area contributed by atoms with E-state index in [0.717, 1.165) is 22.4 Å². The van der Waals surface area contributed by atoms with Crippen LogP contribution in [0.2, 0.25) is 0 Å². The third kappa shape index (κ3) is 2.98. The summed E-state index contributed by atoms with van der Waals surface area (Å²) in [5.41, 5.74) is 8.66. The third-order valence-electron chi connectivity index (χ3n) is 3.54. The Kier molecular flexibility index (Phi) is 4.71. The highest BCUT2D eigenvalue weighted by Gasteiger charge is 2.22. The molecule has 0 saturated carbocycles. The van der Waals surface area contributed by atoms with E-state index in [1.165, 1.54) is 0 Å². The Morgan fingerprint density at radius 3 is 2.50 bits per heavy atom. The molecule has 0 aliphatic carbocycles. The fraction of sp³-hybridized carbons (Fsp3) is 0.312. The van der Waals surface area contributed by atoms with Gasteiger partial charge >= 0.3 is 0 Å². The molecule has 20 heavy (non-hydrogen) atoms. The lowest BCUT2D eigenvalue weighted by molar-refractivity contribution is 0.147. The van der Waals surface area contributed by atoms with E-state index in [0.29, 0.717) is 6.54 Å². The van der Waals surface area contributed by atoms with Gasteiger partial charge in [-0.15, -0.1) is 0 Å². The summed E-state index contributed by atoms with van der Waals surface area (Å²) in [6.07, 6.45) is 2.75. The Morgan fingerprint density at radius 1 is 1.20 bits per heavy atom. The molecular formula is C16H20N2O2. The molecule has 2 unspecified atom stereocenters. The summed E-state index contributed by atoms with van der Waals surface area (Å²) in [7, 11) is 1.63. The molecule has 0 amide bonds. The molecular weight excluding hydrogens is 252 g/mol. The number of aliphatic hydroxyl groups is 1. The number of aryl methyl sites for hydroxylation is 1. The molecule has 0 bridgehead atoms. The van der Waals surface area contributed by atoms with Gasteiger partial charge in [-0.05, 0) is 41.8 Å². The summed E-state index contributed by atoms with van der Waals surface area (Å²) < 4.78 is 5.30. The summed E-state index contributed by atoms with van der Waals surface area (Å²) in [5.74, 6) is 0.609. The van der Waals surface area contributed by atoms with E-state index in [-0.39, 0.29) is 5.92 Å². The predicted molar refractivity (Wildman–Crippen MR) is 78.7 cm³/mol. The van der Waals surface area contributed by atoms with Crippen molar-refractivity contribution in [3.63, 3.8) is 0 Å². The molecule has 0 spiro atoms. The zero-order chi connectivity index (χ0) is 14.5. The average Bonchev–Trinajstić information content (AvgIpc) is 2.49. The summed E-state index contributed by atoms with van der Waals surface area (Å²) in [6.45, 7) is 2.33. The minimum absolute atomic E-state index is 0.162. The summed E-state index contributed by atoms with van der Waals surface area (Å²) in [5, 5.41) is 10.6. The molecule has 2 rings (SSSR count). The van der Waals surface area contributed by atoms with Gasteiger partial charge in [-0.3, -0.25) is 4.98 Å². The minimum atomic E-state index is -0.670. The summed E-state index contributed by atoms with van der Waals surface area (Å²) in [6, 6.07) is 9.48. The van der Waals surface area contributed by atoms with Gasteiger partial charge in [-0.25, -0.2) is 0 Å². The molecule has 0 fully saturated rings. The van der Waals surface area contributed by atoms with Crippen LogP contribution >= 0.6 is 0 Å². The van der Waals surface area contributed by atoms with Crippen LogP contribution in [0.1, 0.15) is 28.7 Å². The Hall–Kier alpha value is -1.91. The molecule has 4 nitrogen and oxygen atoms in total. The first-order chi connectivity index (χ1) is 9.67. The van der Waals surface area contributed by atoms with Crippen molar-refractivity contribution in [1.82, 2.24) is 4.98 Å². The fourth-order valence-corrected chi connectivity index (χ4v) is 2.31. The number of benzene rings is 1. The molecule has 1 aromatic carbocycles. The van der Waals surface area contributed by atoms with Gasteiger partial charge in [0, 0.05) is 24.9 Å². The van der Waals surface area contributed by atoms with Crippen LogP contribution in [0, 0.1) is 6.92 Å². The molecule has 0 saturated heterocycles. The van der Waals surface area contributed by atoms with Crippen molar-refractivity contribution in [3.8, 4) is 5.75 Å². The molecule has 2 aromatic rings. The van der Waals surface area contributed by atoms with Gasteiger partial charge < -0.3 is 15.6 Å². The highest BCUT2D eigenvalue weighted by Crippen LogP contribution is 2.32. The van der Waals surface area contributed by atoms with E-state index in [1.807, 2.05) is 37.3 Å². The lowest BCUT2D eigenvalue weighted by atomic mass is 9.89.